The first-order chi connectivity index (χ1) is 14.2. The molecule has 0 atom stereocenters. The Morgan fingerprint density at radius 2 is 1.63 bits per heavy atom. The van der Waals surface area contributed by atoms with Gasteiger partial charge in [-0.1, -0.05) is 24.3 Å². The number of rotatable bonds is 4. The number of amides is 1. The Morgan fingerprint density at radius 3 is 2.13 bits per heavy atom. The van der Waals surface area contributed by atoms with Crippen molar-refractivity contribution in [2.45, 2.75) is 31.0 Å². The summed E-state index contributed by atoms with van der Waals surface area (Å²) in [4.78, 5) is 14.6. The molecule has 1 N–H and O–H groups in total. The number of likely N-dealkylation sites (tertiary alicyclic amines) is 1. The predicted octanol–water partition coefficient (Wildman–Crippen LogP) is 4.02. The first-order valence-electron chi connectivity index (χ1n) is 10.1. The number of alkyl halides is 3. The number of aliphatic hydroxyl groups is 1. The van der Waals surface area contributed by atoms with E-state index in [1.165, 1.54) is 0 Å². The third-order valence-corrected chi connectivity index (χ3v) is 6.06. The van der Waals surface area contributed by atoms with Crippen LogP contribution < -0.4 is 0 Å². The number of carbonyl (C=O) groups excluding carboxylic acids is 1. The van der Waals surface area contributed by atoms with Crippen LogP contribution in [0.25, 0.3) is 0 Å². The van der Waals surface area contributed by atoms with Gasteiger partial charge in [-0.05, 0) is 60.6 Å². The monoisotopic (exact) mass is 419 g/mol. The molecule has 2 aromatic carbocycles. The van der Waals surface area contributed by atoms with E-state index in [0.717, 1.165) is 42.5 Å². The molecular formula is C23H24F3NO3. The lowest BCUT2D eigenvalue weighted by Gasteiger charge is -2.37. The van der Waals surface area contributed by atoms with Gasteiger partial charge in [-0.15, -0.1) is 0 Å². The predicted molar refractivity (Wildman–Crippen MR) is 105 cm³/mol. The van der Waals surface area contributed by atoms with Crippen LogP contribution in [0.5, 0.6) is 0 Å². The number of halogens is 3. The highest BCUT2D eigenvalue weighted by molar-refractivity contribution is 5.94. The summed E-state index contributed by atoms with van der Waals surface area (Å²) in [6.45, 7) is 1.80. The van der Waals surface area contributed by atoms with Crippen LogP contribution in [0, 0.1) is 5.92 Å². The quantitative estimate of drug-likeness (QED) is 0.815. The van der Waals surface area contributed by atoms with Crippen molar-refractivity contribution in [3.8, 4) is 0 Å². The summed E-state index contributed by atoms with van der Waals surface area (Å²) in [5.41, 5.74) is 0.651. The van der Waals surface area contributed by atoms with Crippen molar-refractivity contribution in [3.05, 3.63) is 70.8 Å². The molecule has 0 bridgehead atoms. The van der Waals surface area contributed by atoms with Crippen LogP contribution in [0.4, 0.5) is 13.2 Å². The van der Waals surface area contributed by atoms with Crippen LogP contribution in [-0.2, 0) is 22.9 Å². The van der Waals surface area contributed by atoms with Gasteiger partial charge in [0.15, 0.2) is 0 Å². The first kappa shape index (κ1) is 20.9. The lowest BCUT2D eigenvalue weighted by molar-refractivity contribution is -0.184. The lowest BCUT2D eigenvalue weighted by atomic mass is 9.89. The van der Waals surface area contributed by atoms with Crippen molar-refractivity contribution in [2.24, 2.45) is 5.92 Å². The maximum atomic E-state index is 12.8. The Labute approximate surface area is 173 Å². The van der Waals surface area contributed by atoms with Crippen molar-refractivity contribution < 1.29 is 27.8 Å². The summed E-state index contributed by atoms with van der Waals surface area (Å²) in [7, 11) is 0. The second-order valence-electron chi connectivity index (χ2n) is 8.24. The van der Waals surface area contributed by atoms with E-state index in [1.54, 1.807) is 36.4 Å². The third kappa shape index (κ3) is 4.37. The molecule has 0 radical (unpaired) electrons. The zero-order valence-electron chi connectivity index (χ0n) is 16.5. The molecule has 0 aliphatic carbocycles. The number of piperidine rings is 1. The maximum absolute atomic E-state index is 12.8. The number of hydrogen-bond acceptors (Lipinski definition) is 3. The smallest absolute Gasteiger partial charge is 0.380 e. The average molecular weight is 419 g/mol. The molecule has 0 spiro atoms. The number of nitrogens with zero attached hydrogens (tertiary/aromatic N) is 1. The van der Waals surface area contributed by atoms with Crippen LogP contribution in [0.15, 0.2) is 48.5 Å². The second kappa shape index (κ2) is 8.04. The molecule has 4 nitrogen and oxygen atoms in total. The fraction of sp³-hybridized carbons (Fsp3) is 0.435. The van der Waals surface area contributed by atoms with Crippen molar-refractivity contribution in [1.82, 2.24) is 4.90 Å². The minimum atomic E-state index is -4.31. The summed E-state index contributed by atoms with van der Waals surface area (Å²) >= 11 is 0. The van der Waals surface area contributed by atoms with Gasteiger partial charge in [0.25, 0.3) is 5.91 Å². The standard InChI is InChI=1S/C23H24F3NO3/c24-23(25,26)20-5-1-16(2-6-20)13-17-9-11-27(12-10-17)21(28)18-3-7-19(8-4-18)22(29)14-30-15-22/h1-8,17,29H,9-15H2. The summed E-state index contributed by atoms with van der Waals surface area (Å²) in [6.07, 6.45) is -1.95. The van der Waals surface area contributed by atoms with Crippen molar-refractivity contribution in [3.63, 3.8) is 0 Å². The summed E-state index contributed by atoms with van der Waals surface area (Å²) in [6, 6.07) is 12.4. The zero-order chi connectivity index (χ0) is 21.4. The molecule has 2 aliphatic rings. The fourth-order valence-electron chi connectivity index (χ4n) is 4.07. The molecule has 2 saturated heterocycles. The van der Waals surface area contributed by atoms with E-state index >= 15 is 0 Å². The van der Waals surface area contributed by atoms with E-state index in [-0.39, 0.29) is 19.1 Å². The van der Waals surface area contributed by atoms with Gasteiger partial charge >= 0.3 is 6.18 Å². The Bertz CT molecular complexity index is 881. The molecule has 1 amide bonds. The molecule has 0 aromatic heterocycles. The molecular weight excluding hydrogens is 395 g/mol. The van der Waals surface area contributed by atoms with Crippen LogP contribution in [-0.4, -0.2) is 42.2 Å². The molecule has 2 aromatic rings. The van der Waals surface area contributed by atoms with Gasteiger partial charge in [-0.2, -0.15) is 13.2 Å². The Kier molecular flexibility index (Phi) is 5.59. The van der Waals surface area contributed by atoms with E-state index in [0.29, 0.717) is 24.6 Å². The van der Waals surface area contributed by atoms with E-state index < -0.39 is 17.3 Å². The molecule has 4 rings (SSSR count). The lowest BCUT2D eigenvalue weighted by Crippen LogP contribution is -2.46. The SMILES string of the molecule is O=C(c1ccc(C2(O)COC2)cc1)N1CCC(Cc2ccc(C(F)(F)F)cc2)CC1. The highest BCUT2D eigenvalue weighted by atomic mass is 19.4. The van der Waals surface area contributed by atoms with Gasteiger partial charge in [0.2, 0.25) is 0 Å². The van der Waals surface area contributed by atoms with Crippen LogP contribution in [0.2, 0.25) is 0 Å². The van der Waals surface area contributed by atoms with E-state index in [9.17, 15) is 23.1 Å². The molecule has 30 heavy (non-hydrogen) atoms. The highest BCUT2D eigenvalue weighted by Crippen LogP contribution is 2.31. The van der Waals surface area contributed by atoms with E-state index in [2.05, 4.69) is 0 Å². The molecule has 2 aliphatic heterocycles. The van der Waals surface area contributed by atoms with E-state index in [1.807, 2.05) is 4.90 Å². The largest absolute Gasteiger partial charge is 0.416 e. The third-order valence-electron chi connectivity index (χ3n) is 6.06. The maximum Gasteiger partial charge on any atom is 0.416 e. The fourth-order valence-corrected chi connectivity index (χ4v) is 4.07. The van der Waals surface area contributed by atoms with Gasteiger partial charge in [0, 0.05) is 18.7 Å². The molecule has 0 unspecified atom stereocenters. The van der Waals surface area contributed by atoms with Crippen LogP contribution >= 0.6 is 0 Å². The number of ether oxygens (including phenoxy) is 1. The molecule has 7 heteroatoms. The summed E-state index contributed by atoms with van der Waals surface area (Å²) < 4.78 is 43.1. The average Bonchev–Trinajstić information content (AvgIpc) is 2.72. The van der Waals surface area contributed by atoms with Gasteiger partial charge in [0.1, 0.15) is 5.60 Å². The highest BCUT2D eigenvalue weighted by Gasteiger charge is 2.38. The molecule has 2 fully saturated rings. The topological polar surface area (TPSA) is 49.8 Å². The molecule has 160 valence electrons. The van der Waals surface area contributed by atoms with Crippen molar-refractivity contribution in [2.75, 3.05) is 26.3 Å². The van der Waals surface area contributed by atoms with E-state index in [4.69, 9.17) is 4.74 Å². The number of hydrogen-bond donors (Lipinski definition) is 1. The van der Waals surface area contributed by atoms with Gasteiger partial charge in [0.05, 0.1) is 18.8 Å². The minimum absolute atomic E-state index is 0.0358. The van der Waals surface area contributed by atoms with Crippen LogP contribution in [0.1, 0.15) is 39.9 Å². The summed E-state index contributed by atoms with van der Waals surface area (Å²) in [5.74, 6) is 0.312. The Morgan fingerprint density at radius 1 is 1.03 bits per heavy atom. The van der Waals surface area contributed by atoms with Gasteiger partial charge < -0.3 is 14.7 Å². The number of carbonyl (C=O) groups is 1. The molecule has 2 heterocycles. The molecule has 0 saturated carbocycles. The summed E-state index contributed by atoms with van der Waals surface area (Å²) in [5, 5.41) is 10.3. The van der Waals surface area contributed by atoms with Crippen molar-refractivity contribution >= 4 is 5.91 Å². The first-order valence-corrected chi connectivity index (χ1v) is 10.1. The second-order valence-corrected chi connectivity index (χ2v) is 8.24. The van der Waals surface area contributed by atoms with Crippen LogP contribution in [0.3, 0.4) is 0 Å². The Balaban J connectivity index is 1.30. The van der Waals surface area contributed by atoms with Gasteiger partial charge in [-0.3, -0.25) is 4.79 Å². The normalized spacial score (nSPS) is 19.4. The van der Waals surface area contributed by atoms with Crippen molar-refractivity contribution in [1.29, 1.82) is 0 Å². The minimum Gasteiger partial charge on any atom is -0.380 e. The van der Waals surface area contributed by atoms with Gasteiger partial charge in [-0.25, -0.2) is 0 Å². The Hall–Kier alpha value is -2.38. The number of benzene rings is 2. The zero-order valence-corrected chi connectivity index (χ0v) is 16.5.